The molecule has 1 heterocycles. The summed E-state index contributed by atoms with van der Waals surface area (Å²) in [6.45, 7) is 5.00. The van der Waals surface area contributed by atoms with Crippen LogP contribution in [0, 0.1) is 0 Å². The van der Waals surface area contributed by atoms with Gasteiger partial charge in [-0.05, 0) is 20.8 Å². The molecule has 1 aromatic heterocycles. The number of hydrogen-bond donors (Lipinski definition) is 3. The summed E-state index contributed by atoms with van der Waals surface area (Å²) in [5.74, 6) is -1.08. The van der Waals surface area contributed by atoms with Crippen molar-refractivity contribution in [3.63, 3.8) is 0 Å². The van der Waals surface area contributed by atoms with Crippen LogP contribution in [-0.4, -0.2) is 38.8 Å². The van der Waals surface area contributed by atoms with Crippen molar-refractivity contribution in [3.8, 4) is 0 Å². The fraction of sp³-hybridized carbons (Fsp3) is 0.500. The van der Waals surface area contributed by atoms with Crippen molar-refractivity contribution in [2.24, 2.45) is 0 Å². The Hall–Kier alpha value is -2.38. The van der Waals surface area contributed by atoms with Crippen molar-refractivity contribution < 1.29 is 19.4 Å². The minimum atomic E-state index is -1.25. The number of amides is 1. The molecule has 0 spiro atoms. The smallest absolute Gasteiger partial charge is 0.408 e. The van der Waals surface area contributed by atoms with E-state index in [2.05, 4.69) is 15.3 Å². The number of carboxylic acid groups (broad SMARTS) is 1. The number of nitrogens with one attached hydrogen (secondary N) is 2. The number of aromatic nitrogens is 2. The molecule has 20 heavy (non-hydrogen) atoms. The number of carboxylic acids is 1. The van der Waals surface area contributed by atoms with Gasteiger partial charge in [-0.2, -0.15) is 0 Å². The summed E-state index contributed by atoms with van der Waals surface area (Å²) in [6.07, 6.45) is 0.272. The first-order valence-corrected chi connectivity index (χ1v) is 5.94. The first-order valence-electron chi connectivity index (χ1n) is 5.94. The summed E-state index contributed by atoms with van der Waals surface area (Å²) >= 11 is 0. The Labute approximate surface area is 115 Å². The molecule has 0 saturated heterocycles. The number of aromatic amines is 1. The Morgan fingerprint density at radius 3 is 2.65 bits per heavy atom. The highest BCUT2D eigenvalue weighted by atomic mass is 16.6. The quantitative estimate of drug-likeness (QED) is 0.730. The van der Waals surface area contributed by atoms with Crippen LogP contribution < -0.4 is 10.9 Å². The van der Waals surface area contributed by atoms with Gasteiger partial charge in [0.05, 0.1) is 0 Å². The number of ether oxygens (including phenoxy) is 1. The molecule has 0 saturated carbocycles. The molecule has 0 aromatic carbocycles. The first kappa shape index (κ1) is 15.7. The van der Waals surface area contributed by atoms with E-state index in [1.165, 1.54) is 12.3 Å². The highest BCUT2D eigenvalue weighted by molar-refractivity contribution is 5.80. The number of carbonyl (C=O) groups is 2. The van der Waals surface area contributed by atoms with Gasteiger partial charge < -0.3 is 20.1 Å². The van der Waals surface area contributed by atoms with Crippen LogP contribution in [0.4, 0.5) is 4.79 Å². The predicted molar refractivity (Wildman–Crippen MR) is 69.4 cm³/mol. The van der Waals surface area contributed by atoms with Gasteiger partial charge >= 0.3 is 12.1 Å². The van der Waals surface area contributed by atoms with Crippen LogP contribution in [0.1, 0.15) is 26.6 Å². The summed E-state index contributed by atoms with van der Waals surface area (Å²) in [4.78, 5) is 40.0. The number of aliphatic carboxylic acids is 1. The molecule has 1 amide bonds. The monoisotopic (exact) mass is 283 g/mol. The zero-order chi connectivity index (χ0) is 15.3. The third kappa shape index (κ3) is 5.51. The maximum absolute atomic E-state index is 11.5. The molecule has 0 radical (unpaired) electrons. The van der Waals surface area contributed by atoms with Crippen molar-refractivity contribution in [1.29, 1.82) is 0 Å². The van der Waals surface area contributed by atoms with E-state index in [-0.39, 0.29) is 12.2 Å². The van der Waals surface area contributed by atoms with E-state index in [0.717, 1.165) is 0 Å². The van der Waals surface area contributed by atoms with Crippen molar-refractivity contribution in [2.45, 2.75) is 38.8 Å². The molecule has 8 heteroatoms. The fourth-order valence-corrected chi connectivity index (χ4v) is 1.36. The molecule has 1 unspecified atom stereocenters. The van der Waals surface area contributed by atoms with Gasteiger partial charge in [-0.1, -0.05) is 0 Å². The summed E-state index contributed by atoms with van der Waals surface area (Å²) in [7, 11) is 0. The molecule has 3 N–H and O–H groups in total. The molecule has 1 aromatic rings. The van der Waals surface area contributed by atoms with E-state index in [4.69, 9.17) is 9.84 Å². The van der Waals surface area contributed by atoms with Crippen LogP contribution in [0.5, 0.6) is 0 Å². The van der Waals surface area contributed by atoms with Crippen LogP contribution in [-0.2, 0) is 16.0 Å². The summed E-state index contributed by atoms with van der Waals surface area (Å²) in [6, 6.07) is -0.0315. The number of carbonyl (C=O) groups excluding carboxylic acids is 1. The lowest BCUT2D eigenvalue weighted by molar-refractivity contribution is -0.139. The lowest BCUT2D eigenvalue weighted by Crippen LogP contribution is -2.45. The Morgan fingerprint density at radius 2 is 2.15 bits per heavy atom. The summed E-state index contributed by atoms with van der Waals surface area (Å²) < 4.78 is 4.97. The topological polar surface area (TPSA) is 121 Å². The summed E-state index contributed by atoms with van der Waals surface area (Å²) in [5.41, 5.74) is -1.12. The van der Waals surface area contributed by atoms with Crippen LogP contribution in [0.2, 0.25) is 0 Å². The molecule has 1 atom stereocenters. The van der Waals surface area contributed by atoms with Gasteiger partial charge in [-0.25, -0.2) is 14.6 Å². The third-order valence-electron chi connectivity index (χ3n) is 2.11. The van der Waals surface area contributed by atoms with Gasteiger partial charge in [0.2, 0.25) is 0 Å². The Balaban J connectivity index is 2.73. The first-order chi connectivity index (χ1) is 9.17. The summed E-state index contributed by atoms with van der Waals surface area (Å²) in [5, 5.41) is 11.3. The number of nitrogens with zero attached hydrogens (tertiary/aromatic N) is 1. The molecular formula is C12H17N3O5. The van der Waals surface area contributed by atoms with E-state index >= 15 is 0 Å². The second kappa shape index (κ2) is 6.18. The van der Waals surface area contributed by atoms with E-state index in [1.807, 2.05) is 0 Å². The SMILES string of the molecule is CC(C)(C)OC(=O)NC(Cc1nccc(=O)[nH]1)C(=O)O. The number of H-pyrrole nitrogens is 1. The molecule has 0 bridgehead atoms. The Kier molecular flexibility index (Phi) is 4.84. The van der Waals surface area contributed by atoms with Gasteiger partial charge in [0.15, 0.2) is 0 Å². The van der Waals surface area contributed by atoms with Crippen molar-refractivity contribution >= 4 is 12.1 Å². The van der Waals surface area contributed by atoms with Gasteiger partial charge in [0.1, 0.15) is 17.5 Å². The average molecular weight is 283 g/mol. The van der Waals surface area contributed by atoms with Crippen molar-refractivity contribution in [3.05, 3.63) is 28.4 Å². The normalized spacial score (nSPS) is 12.6. The Bertz CT molecular complexity index is 547. The Morgan fingerprint density at radius 1 is 1.50 bits per heavy atom. The maximum Gasteiger partial charge on any atom is 0.408 e. The van der Waals surface area contributed by atoms with E-state index in [1.54, 1.807) is 20.8 Å². The molecule has 0 aliphatic rings. The fourth-order valence-electron chi connectivity index (χ4n) is 1.36. The van der Waals surface area contributed by atoms with E-state index in [9.17, 15) is 14.4 Å². The maximum atomic E-state index is 11.5. The number of alkyl carbamates (subject to hydrolysis) is 1. The number of hydrogen-bond acceptors (Lipinski definition) is 5. The third-order valence-corrected chi connectivity index (χ3v) is 2.11. The molecular weight excluding hydrogens is 266 g/mol. The zero-order valence-corrected chi connectivity index (χ0v) is 11.5. The van der Waals surface area contributed by atoms with Crippen LogP contribution in [0.25, 0.3) is 0 Å². The van der Waals surface area contributed by atoms with E-state index in [0.29, 0.717) is 0 Å². The van der Waals surface area contributed by atoms with Crippen LogP contribution in [0.15, 0.2) is 17.1 Å². The highest BCUT2D eigenvalue weighted by Gasteiger charge is 2.24. The van der Waals surface area contributed by atoms with Gasteiger partial charge in [0.25, 0.3) is 5.56 Å². The van der Waals surface area contributed by atoms with Crippen molar-refractivity contribution in [2.75, 3.05) is 0 Å². The van der Waals surface area contributed by atoms with Crippen LogP contribution >= 0.6 is 0 Å². The largest absolute Gasteiger partial charge is 0.480 e. The van der Waals surface area contributed by atoms with Crippen molar-refractivity contribution in [1.82, 2.24) is 15.3 Å². The second-order valence-electron chi connectivity index (χ2n) is 5.12. The molecule has 1 rings (SSSR count). The van der Waals surface area contributed by atoms with Gasteiger partial charge in [-0.15, -0.1) is 0 Å². The second-order valence-corrected chi connectivity index (χ2v) is 5.12. The molecule has 0 aliphatic heterocycles. The standard InChI is InChI=1S/C12H17N3O5/c1-12(2,3)20-11(19)14-7(10(17)18)6-8-13-5-4-9(16)15-8/h4-5,7H,6H2,1-3H3,(H,14,19)(H,17,18)(H,13,15,16). The molecule has 0 fully saturated rings. The average Bonchev–Trinajstić information content (AvgIpc) is 2.25. The molecule has 0 aliphatic carbocycles. The number of rotatable bonds is 4. The lowest BCUT2D eigenvalue weighted by Gasteiger charge is -2.21. The predicted octanol–water partition coefficient (Wildman–Crippen LogP) is 0.290. The van der Waals surface area contributed by atoms with Gasteiger partial charge in [-0.3, -0.25) is 4.79 Å². The highest BCUT2D eigenvalue weighted by Crippen LogP contribution is 2.07. The molecule has 110 valence electrons. The van der Waals surface area contributed by atoms with E-state index < -0.39 is 29.3 Å². The molecule has 8 nitrogen and oxygen atoms in total. The lowest BCUT2D eigenvalue weighted by atomic mass is 10.2. The minimum absolute atomic E-state index is 0.148. The van der Waals surface area contributed by atoms with Crippen LogP contribution in [0.3, 0.4) is 0 Å². The zero-order valence-electron chi connectivity index (χ0n) is 11.5. The minimum Gasteiger partial charge on any atom is -0.480 e. The van der Waals surface area contributed by atoms with Gasteiger partial charge in [0, 0.05) is 18.7 Å².